The predicted octanol–water partition coefficient (Wildman–Crippen LogP) is 23.8. The average Bonchev–Trinajstić information content (AvgIpc) is 4.28. The number of aromatic nitrogens is 2. The molecule has 0 bridgehead atoms. The van der Waals surface area contributed by atoms with Gasteiger partial charge in [-0.15, -0.1) is 0 Å². The summed E-state index contributed by atoms with van der Waals surface area (Å²) >= 11 is 0. The van der Waals surface area contributed by atoms with E-state index in [-0.39, 0.29) is 0 Å². The van der Waals surface area contributed by atoms with Gasteiger partial charge in [0, 0.05) is 56.7 Å². The van der Waals surface area contributed by atoms with Crippen LogP contribution < -0.4 is 0 Å². The highest BCUT2D eigenvalue weighted by molar-refractivity contribution is 6.08. The second kappa shape index (κ2) is 41.7. The molecule has 2 aliphatic rings. The minimum absolute atomic E-state index is 1.02. The van der Waals surface area contributed by atoms with Crippen molar-refractivity contribution in [2.45, 2.75) is 171 Å². The van der Waals surface area contributed by atoms with Gasteiger partial charge in [-0.1, -0.05) is 301 Å². The molecular formula is C73H102N2. The number of aryl methyl sites for hydroxylation is 2. The molecule has 0 spiro atoms. The monoisotopic (exact) mass is 1010 g/mol. The summed E-state index contributed by atoms with van der Waals surface area (Å²) in [6.07, 6.45) is 3.46. The number of hydrogen-bond acceptors (Lipinski definition) is 0. The lowest BCUT2D eigenvalue weighted by molar-refractivity contribution is 0.827. The molecule has 0 N–H and O–H groups in total. The number of benzene rings is 8. The maximum Gasteiger partial charge on any atom is 0.0491 e. The van der Waals surface area contributed by atoms with E-state index < -0.39 is 0 Å². The molecule has 0 amide bonds. The van der Waals surface area contributed by atoms with Crippen LogP contribution >= 0.6 is 0 Å². The summed E-state index contributed by atoms with van der Waals surface area (Å²) in [7, 11) is 0. The van der Waals surface area contributed by atoms with E-state index in [0.29, 0.717) is 0 Å². The lowest BCUT2D eigenvalue weighted by Gasteiger charge is -2.01. The van der Waals surface area contributed by atoms with E-state index >= 15 is 0 Å². The fourth-order valence-corrected chi connectivity index (χ4v) is 8.85. The van der Waals surface area contributed by atoms with Gasteiger partial charge in [0.1, 0.15) is 0 Å². The molecule has 404 valence electrons. The number of hydrogen-bond donors (Lipinski definition) is 0. The zero-order valence-electron chi connectivity index (χ0n) is 50.9. The number of fused-ring (bicyclic) bond motifs is 12. The molecule has 0 fully saturated rings. The Morgan fingerprint density at radius 1 is 0.240 bits per heavy atom. The molecule has 2 aliphatic carbocycles. The van der Waals surface area contributed by atoms with Gasteiger partial charge in [-0.3, -0.25) is 0 Å². The quantitative estimate of drug-likeness (QED) is 0.163. The van der Waals surface area contributed by atoms with Crippen molar-refractivity contribution in [1.82, 2.24) is 9.13 Å². The van der Waals surface area contributed by atoms with E-state index in [1.165, 1.54) is 94.5 Å². The zero-order valence-corrected chi connectivity index (χ0v) is 50.9. The van der Waals surface area contributed by atoms with E-state index in [0.717, 1.165) is 25.9 Å². The third kappa shape index (κ3) is 18.3. The third-order valence-electron chi connectivity index (χ3n) is 11.4. The molecule has 10 aromatic rings. The lowest BCUT2D eigenvalue weighted by atomic mass is 10.1. The first-order valence-corrected chi connectivity index (χ1v) is 29.4. The lowest BCUT2D eigenvalue weighted by Crippen LogP contribution is -1.91. The van der Waals surface area contributed by atoms with Crippen molar-refractivity contribution in [3.8, 4) is 22.3 Å². The van der Waals surface area contributed by atoms with Gasteiger partial charge < -0.3 is 9.13 Å². The second-order valence-corrected chi connectivity index (χ2v) is 15.2. The Labute approximate surface area is 459 Å². The minimum Gasteiger partial charge on any atom is -0.341 e. The highest BCUT2D eigenvalue weighted by Crippen LogP contribution is 2.37. The van der Waals surface area contributed by atoms with E-state index in [2.05, 4.69) is 231 Å². The molecule has 2 heteroatoms. The van der Waals surface area contributed by atoms with Crippen LogP contribution in [0.3, 0.4) is 0 Å². The molecule has 75 heavy (non-hydrogen) atoms. The Morgan fingerprint density at radius 2 is 0.400 bits per heavy atom. The van der Waals surface area contributed by atoms with Crippen LogP contribution in [0.4, 0.5) is 0 Å². The Bertz CT molecular complexity index is 2580. The molecule has 2 aromatic heterocycles. The fourth-order valence-electron chi connectivity index (χ4n) is 8.85. The molecular weight excluding hydrogens is 905 g/mol. The summed E-state index contributed by atoms with van der Waals surface area (Å²) in [6.45, 7) is 42.7. The molecule has 0 aliphatic heterocycles. The molecule has 2 nitrogen and oxygen atoms in total. The van der Waals surface area contributed by atoms with Gasteiger partial charge in [-0.05, 0) is 95.5 Å². The Kier molecular flexibility index (Phi) is 38.0. The van der Waals surface area contributed by atoms with Gasteiger partial charge in [-0.25, -0.2) is 0 Å². The number of para-hydroxylation sites is 4. The second-order valence-electron chi connectivity index (χ2n) is 15.2. The van der Waals surface area contributed by atoms with Crippen molar-refractivity contribution in [1.29, 1.82) is 0 Å². The van der Waals surface area contributed by atoms with Crippen LogP contribution in [0.15, 0.2) is 194 Å². The van der Waals surface area contributed by atoms with Crippen LogP contribution in [0.1, 0.15) is 167 Å². The van der Waals surface area contributed by atoms with Crippen LogP contribution in [0.25, 0.3) is 65.9 Å². The predicted molar refractivity (Wildman–Crippen MR) is 346 cm³/mol. The molecule has 0 saturated carbocycles. The maximum atomic E-state index is 2.37. The van der Waals surface area contributed by atoms with Gasteiger partial charge in [-0.2, -0.15) is 0 Å². The minimum atomic E-state index is 1.02. The van der Waals surface area contributed by atoms with Gasteiger partial charge in [0.2, 0.25) is 0 Å². The molecule has 0 atom stereocenters. The summed E-state index contributed by atoms with van der Waals surface area (Å²) in [5.41, 5.74) is 16.8. The molecule has 0 saturated heterocycles. The third-order valence-corrected chi connectivity index (χ3v) is 11.4. The van der Waals surface area contributed by atoms with Gasteiger partial charge in [0.15, 0.2) is 0 Å². The van der Waals surface area contributed by atoms with Crippen molar-refractivity contribution in [3.63, 3.8) is 0 Å². The summed E-state index contributed by atoms with van der Waals surface area (Å²) in [5, 5.41) is 5.43. The van der Waals surface area contributed by atoms with Gasteiger partial charge in [0.05, 0.1) is 0 Å². The topological polar surface area (TPSA) is 9.86 Å². The van der Waals surface area contributed by atoms with Crippen LogP contribution in [-0.4, -0.2) is 9.13 Å². The molecule has 0 unspecified atom stereocenters. The van der Waals surface area contributed by atoms with Gasteiger partial charge >= 0.3 is 0 Å². The highest BCUT2D eigenvalue weighted by Gasteiger charge is 2.17. The summed E-state index contributed by atoms with van der Waals surface area (Å²) in [6, 6.07) is 69.0. The van der Waals surface area contributed by atoms with Crippen LogP contribution in [0, 0.1) is 0 Å². The van der Waals surface area contributed by atoms with Crippen LogP contribution in [0.2, 0.25) is 0 Å². The fraction of sp³-hybridized carbons (Fsp3) is 0.342. The van der Waals surface area contributed by atoms with E-state index in [1.807, 2.05) is 111 Å². The summed E-state index contributed by atoms with van der Waals surface area (Å²) in [4.78, 5) is 0. The van der Waals surface area contributed by atoms with Crippen molar-refractivity contribution < 1.29 is 0 Å². The van der Waals surface area contributed by atoms with Crippen molar-refractivity contribution >= 4 is 43.6 Å². The highest BCUT2D eigenvalue weighted by atomic mass is 15.0. The van der Waals surface area contributed by atoms with Crippen LogP contribution in [-0.2, 0) is 25.9 Å². The largest absolute Gasteiger partial charge is 0.341 e. The molecule has 0 radical (unpaired) electrons. The van der Waals surface area contributed by atoms with E-state index in [1.54, 1.807) is 0 Å². The van der Waals surface area contributed by atoms with Crippen LogP contribution in [0.5, 0.6) is 0 Å². The number of rotatable bonds is 2. The summed E-state index contributed by atoms with van der Waals surface area (Å²) in [5.74, 6) is 0. The van der Waals surface area contributed by atoms with E-state index in [9.17, 15) is 0 Å². The van der Waals surface area contributed by atoms with E-state index in [4.69, 9.17) is 0 Å². The Hall–Kier alpha value is -6.64. The Balaban J connectivity index is 0.000000879. The first-order chi connectivity index (χ1) is 37.1. The SMILES string of the molecule is CC.CC.CC.CC.CC.CC.CC.CC.CCC.CCn1c2ccccc2c2ccccc21.CCn1c2ccccc2c2ccccc21.c1ccc2c(c1)Cc1ccccc1-2.c1ccc2c(c1)Cc1ccccc1-2. The summed E-state index contributed by atoms with van der Waals surface area (Å²) < 4.78 is 4.73. The molecule has 2 heterocycles. The normalized spacial score (nSPS) is 9.65. The van der Waals surface area contributed by atoms with Crippen molar-refractivity contribution in [2.75, 3.05) is 0 Å². The molecule has 8 aromatic carbocycles. The smallest absolute Gasteiger partial charge is 0.0491 e. The first kappa shape index (κ1) is 68.4. The Morgan fingerprint density at radius 3 is 0.587 bits per heavy atom. The zero-order chi connectivity index (χ0) is 56.6. The standard InChI is InChI=1S/2C14H13N.2C13H10.C3H8.8C2H6/c2*1-2-15-13-9-5-3-7-11(13)12-8-4-6-10-14(12)15;2*1-3-7-12-10(5-1)9-11-6-2-4-8-13(11)12;1-3-2;8*1-2/h2*3-10H,2H2,1H3;2*1-8H,9H2;3H2,1-2H3;8*1-2H3. The molecule has 12 rings (SSSR count). The first-order valence-electron chi connectivity index (χ1n) is 29.4. The van der Waals surface area contributed by atoms with Gasteiger partial charge in [0.25, 0.3) is 0 Å². The number of nitrogens with zero attached hydrogens (tertiary/aromatic N) is 2. The van der Waals surface area contributed by atoms with Crippen molar-refractivity contribution in [3.05, 3.63) is 216 Å². The maximum absolute atomic E-state index is 2.37. The average molecular weight is 1010 g/mol. The van der Waals surface area contributed by atoms with Crippen molar-refractivity contribution in [2.24, 2.45) is 0 Å².